The average Bonchev–Trinajstić information content (AvgIpc) is 2.79. The molecule has 2 aromatic rings. The van der Waals surface area contributed by atoms with E-state index in [1.165, 1.54) is 12.1 Å². The standard InChI is InChI=1S/C13H11BrFNO2/c14-10-4-8(15)5-12-9(10)6-11-7(3-13(17)18)1-2-16(11)12/h4-7H,1-3H2,(H,17,18)/p-1. The van der Waals surface area contributed by atoms with Gasteiger partial charge in [0.15, 0.2) is 0 Å². The first kappa shape index (κ1) is 11.7. The van der Waals surface area contributed by atoms with Crippen molar-refractivity contribution in [2.75, 3.05) is 0 Å². The Morgan fingerprint density at radius 3 is 3.00 bits per heavy atom. The molecule has 5 heteroatoms. The summed E-state index contributed by atoms with van der Waals surface area (Å²) in [5.74, 6) is -1.36. The number of carboxylic acid groups (broad SMARTS) is 1. The molecule has 0 saturated heterocycles. The molecule has 3 rings (SSSR count). The third-order valence-electron chi connectivity index (χ3n) is 3.50. The number of fused-ring (bicyclic) bond motifs is 3. The molecule has 94 valence electrons. The van der Waals surface area contributed by atoms with Crippen molar-refractivity contribution in [3.05, 3.63) is 34.2 Å². The Bertz CT molecular complexity index is 650. The Balaban J connectivity index is 2.15. The van der Waals surface area contributed by atoms with Gasteiger partial charge in [0.05, 0.1) is 5.52 Å². The van der Waals surface area contributed by atoms with E-state index in [0.29, 0.717) is 4.47 Å². The molecule has 0 amide bonds. The lowest BCUT2D eigenvalue weighted by Crippen LogP contribution is -2.23. The van der Waals surface area contributed by atoms with E-state index >= 15 is 0 Å². The van der Waals surface area contributed by atoms with Gasteiger partial charge in [0.1, 0.15) is 5.82 Å². The minimum absolute atomic E-state index is 0.0242. The molecule has 0 bridgehead atoms. The van der Waals surface area contributed by atoms with Crippen molar-refractivity contribution >= 4 is 32.8 Å². The summed E-state index contributed by atoms with van der Waals surface area (Å²) < 4.78 is 16.1. The van der Waals surface area contributed by atoms with Gasteiger partial charge in [0.2, 0.25) is 0 Å². The molecule has 3 nitrogen and oxygen atoms in total. The monoisotopic (exact) mass is 310 g/mol. The summed E-state index contributed by atoms with van der Waals surface area (Å²) in [6.45, 7) is 0.729. The number of carbonyl (C=O) groups excluding carboxylic acids is 1. The molecule has 0 spiro atoms. The fourth-order valence-corrected chi connectivity index (χ4v) is 3.27. The first-order valence-corrected chi connectivity index (χ1v) is 6.53. The molecule has 2 heterocycles. The van der Waals surface area contributed by atoms with E-state index in [1.807, 2.05) is 10.6 Å². The minimum atomic E-state index is -1.04. The summed E-state index contributed by atoms with van der Waals surface area (Å²) in [7, 11) is 0. The van der Waals surface area contributed by atoms with Crippen molar-refractivity contribution in [1.29, 1.82) is 0 Å². The average molecular weight is 311 g/mol. The molecule has 0 radical (unpaired) electrons. The number of aliphatic carboxylic acids is 1. The van der Waals surface area contributed by atoms with Crippen LogP contribution in [0.25, 0.3) is 10.9 Å². The van der Waals surface area contributed by atoms with Crippen molar-refractivity contribution in [2.24, 2.45) is 0 Å². The summed E-state index contributed by atoms with van der Waals surface area (Å²) in [6, 6.07) is 4.86. The van der Waals surface area contributed by atoms with Gasteiger partial charge in [-0.15, -0.1) is 0 Å². The van der Waals surface area contributed by atoms with Gasteiger partial charge in [-0.2, -0.15) is 0 Å². The van der Waals surface area contributed by atoms with Crippen molar-refractivity contribution in [3.8, 4) is 0 Å². The maximum Gasteiger partial charge on any atom is 0.126 e. The maximum absolute atomic E-state index is 13.4. The van der Waals surface area contributed by atoms with Crippen LogP contribution in [0.5, 0.6) is 0 Å². The number of hydrogen-bond acceptors (Lipinski definition) is 2. The number of halogens is 2. The predicted molar refractivity (Wildman–Crippen MR) is 66.6 cm³/mol. The number of carboxylic acids is 1. The largest absolute Gasteiger partial charge is 0.550 e. The van der Waals surface area contributed by atoms with Crippen molar-refractivity contribution < 1.29 is 14.3 Å². The summed E-state index contributed by atoms with van der Waals surface area (Å²) in [6.07, 6.45) is 0.795. The molecule has 0 aliphatic carbocycles. The Morgan fingerprint density at radius 2 is 2.28 bits per heavy atom. The first-order chi connectivity index (χ1) is 8.56. The van der Waals surface area contributed by atoms with Gasteiger partial charge in [0.25, 0.3) is 0 Å². The molecular formula is C13H10BrFNO2-. The Labute approximate surface area is 111 Å². The zero-order valence-electron chi connectivity index (χ0n) is 9.45. The summed E-state index contributed by atoms with van der Waals surface area (Å²) in [5, 5.41) is 11.6. The number of benzene rings is 1. The Morgan fingerprint density at radius 1 is 1.50 bits per heavy atom. The van der Waals surface area contributed by atoms with E-state index in [2.05, 4.69) is 15.9 Å². The van der Waals surface area contributed by atoms with Crippen LogP contribution in [0.2, 0.25) is 0 Å². The summed E-state index contributed by atoms with van der Waals surface area (Å²) in [5.41, 5.74) is 1.78. The first-order valence-electron chi connectivity index (χ1n) is 5.74. The van der Waals surface area contributed by atoms with Crippen LogP contribution in [0.15, 0.2) is 22.7 Å². The predicted octanol–water partition coefficient (Wildman–Crippen LogP) is 2.17. The zero-order valence-corrected chi connectivity index (χ0v) is 11.0. The van der Waals surface area contributed by atoms with Crippen LogP contribution < -0.4 is 5.11 Å². The maximum atomic E-state index is 13.4. The van der Waals surface area contributed by atoms with Gasteiger partial charge < -0.3 is 14.5 Å². The fraction of sp³-hybridized carbons (Fsp3) is 0.308. The van der Waals surface area contributed by atoms with Crippen LogP contribution in [0.3, 0.4) is 0 Å². The highest BCUT2D eigenvalue weighted by atomic mass is 79.9. The van der Waals surface area contributed by atoms with Gasteiger partial charge in [-0.25, -0.2) is 4.39 Å². The number of nitrogens with zero attached hydrogens (tertiary/aromatic N) is 1. The van der Waals surface area contributed by atoms with Crippen molar-refractivity contribution in [2.45, 2.75) is 25.3 Å². The van der Waals surface area contributed by atoms with E-state index in [-0.39, 0.29) is 18.2 Å². The van der Waals surface area contributed by atoms with Crippen molar-refractivity contribution in [1.82, 2.24) is 4.57 Å². The Kier molecular flexibility index (Phi) is 2.66. The molecule has 1 aliphatic heterocycles. The van der Waals surface area contributed by atoms with Gasteiger partial charge >= 0.3 is 0 Å². The van der Waals surface area contributed by atoms with Crippen LogP contribution in [0, 0.1) is 5.82 Å². The van der Waals surface area contributed by atoms with E-state index in [0.717, 1.165) is 29.6 Å². The van der Waals surface area contributed by atoms with E-state index in [9.17, 15) is 14.3 Å². The number of hydrogen-bond donors (Lipinski definition) is 0. The number of aryl methyl sites for hydroxylation is 1. The molecule has 1 unspecified atom stereocenters. The number of rotatable bonds is 2. The molecule has 1 aliphatic rings. The lowest BCUT2D eigenvalue weighted by molar-refractivity contribution is -0.306. The molecule has 0 saturated carbocycles. The molecule has 1 aromatic heterocycles. The zero-order chi connectivity index (χ0) is 12.9. The second-order valence-electron chi connectivity index (χ2n) is 4.60. The molecule has 0 fully saturated rings. The highest BCUT2D eigenvalue weighted by Gasteiger charge is 2.25. The fourth-order valence-electron chi connectivity index (χ4n) is 2.73. The van der Waals surface area contributed by atoms with Crippen LogP contribution in [0.1, 0.15) is 24.5 Å². The topological polar surface area (TPSA) is 45.1 Å². The van der Waals surface area contributed by atoms with Gasteiger partial charge in [0, 0.05) is 34.0 Å². The second kappa shape index (κ2) is 4.09. The summed E-state index contributed by atoms with van der Waals surface area (Å²) in [4.78, 5) is 10.7. The molecule has 18 heavy (non-hydrogen) atoms. The lowest BCUT2D eigenvalue weighted by atomic mass is 10.0. The number of carbonyl (C=O) groups is 1. The molecular weight excluding hydrogens is 301 g/mol. The SMILES string of the molecule is O=C([O-])CC1CCn2c1cc1c(Br)cc(F)cc12. The van der Waals surface area contributed by atoms with E-state index in [4.69, 9.17) is 0 Å². The van der Waals surface area contributed by atoms with Gasteiger partial charge in [-0.3, -0.25) is 0 Å². The highest BCUT2D eigenvalue weighted by Crippen LogP contribution is 2.38. The quantitative estimate of drug-likeness (QED) is 0.853. The third kappa shape index (κ3) is 1.73. The smallest absolute Gasteiger partial charge is 0.126 e. The normalized spacial score (nSPS) is 18.2. The van der Waals surface area contributed by atoms with E-state index in [1.54, 1.807) is 0 Å². The van der Waals surface area contributed by atoms with E-state index < -0.39 is 5.97 Å². The third-order valence-corrected chi connectivity index (χ3v) is 4.16. The van der Waals surface area contributed by atoms with Crippen LogP contribution in [-0.4, -0.2) is 10.5 Å². The molecule has 1 atom stereocenters. The molecule has 0 N–H and O–H groups in total. The van der Waals surface area contributed by atoms with Crippen LogP contribution in [0.4, 0.5) is 4.39 Å². The Hall–Kier alpha value is -1.36. The van der Waals surface area contributed by atoms with Crippen LogP contribution >= 0.6 is 15.9 Å². The summed E-state index contributed by atoms with van der Waals surface area (Å²) >= 11 is 3.34. The van der Waals surface area contributed by atoms with Gasteiger partial charge in [-0.1, -0.05) is 0 Å². The van der Waals surface area contributed by atoms with Crippen molar-refractivity contribution in [3.63, 3.8) is 0 Å². The van der Waals surface area contributed by atoms with Gasteiger partial charge in [-0.05, 0) is 47.0 Å². The number of aromatic nitrogens is 1. The second-order valence-corrected chi connectivity index (χ2v) is 5.46. The minimum Gasteiger partial charge on any atom is -0.550 e. The molecule has 1 aromatic carbocycles. The lowest BCUT2D eigenvalue weighted by Gasteiger charge is -2.09. The highest BCUT2D eigenvalue weighted by molar-refractivity contribution is 9.10. The van der Waals surface area contributed by atoms with Crippen LogP contribution in [-0.2, 0) is 11.3 Å².